The van der Waals surface area contributed by atoms with Crippen molar-refractivity contribution in [2.75, 3.05) is 20.3 Å². The molecule has 3 nitrogen and oxygen atoms in total. The summed E-state index contributed by atoms with van der Waals surface area (Å²) in [7, 11) is 1.35. The van der Waals surface area contributed by atoms with Crippen LogP contribution in [0.1, 0.15) is 57.1 Å². The van der Waals surface area contributed by atoms with Crippen LogP contribution in [0.15, 0.2) is 30.3 Å². The Labute approximate surface area is 176 Å². The van der Waals surface area contributed by atoms with E-state index in [1.807, 2.05) is 0 Å². The average Bonchev–Trinajstić information content (AvgIpc) is 2.76. The van der Waals surface area contributed by atoms with Crippen LogP contribution in [0, 0.1) is 17.5 Å². The lowest BCUT2D eigenvalue weighted by atomic mass is 9.96. The first kappa shape index (κ1) is 22.6. The summed E-state index contributed by atoms with van der Waals surface area (Å²) < 4.78 is 60.0. The molecule has 0 aromatic heterocycles. The monoisotopic (exact) mass is 422 g/mol. The largest absolute Gasteiger partial charge is 0.494 e. The van der Waals surface area contributed by atoms with Crippen molar-refractivity contribution in [2.24, 2.45) is 0 Å². The van der Waals surface area contributed by atoms with Gasteiger partial charge in [-0.1, -0.05) is 44.4 Å². The van der Waals surface area contributed by atoms with Gasteiger partial charge in [0, 0.05) is 17.7 Å². The number of unbranched alkanes of at least 4 members (excludes halogenated alkanes) is 3. The second kappa shape index (κ2) is 10.8. The lowest BCUT2D eigenvalue weighted by Crippen LogP contribution is -2.28. The Bertz CT molecular complexity index is 833. The fourth-order valence-electron chi connectivity index (χ4n) is 3.75. The van der Waals surface area contributed by atoms with Gasteiger partial charge in [-0.15, -0.1) is 0 Å². The number of halogens is 3. The molecule has 164 valence electrons. The molecule has 1 heterocycles. The molecule has 0 radical (unpaired) electrons. The number of ether oxygens (including phenoxy) is 3. The molecule has 2 aromatic carbocycles. The standard InChI is InChI=1S/C24H29F3O3/c1-3-4-5-6-13-29-17-8-12-21(30-15-17)19-10-9-18(23(26)24(19)27)16-7-11-22(28-2)20(25)14-16/h7,9-11,14,17,21H,3-6,8,12-13,15H2,1-2H3. The Morgan fingerprint density at radius 1 is 1.00 bits per heavy atom. The molecule has 0 amide bonds. The van der Waals surface area contributed by atoms with Gasteiger partial charge >= 0.3 is 0 Å². The second-order valence-corrected chi connectivity index (χ2v) is 7.63. The topological polar surface area (TPSA) is 27.7 Å². The van der Waals surface area contributed by atoms with E-state index in [9.17, 15) is 13.2 Å². The van der Waals surface area contributed by atoms with E-state index in [4.69, 9.17) is 14.2 Å². The van der Waals surface area contributed by atoms with Crippen LogP contribution >= 0.6 is 0 Å². The van der Waals surface area contributed by atoms with Crippen molar-refractivity contribution in [1.82, 2.24) is 0 Å². The summed E-state index contributed by atoms with van der Waals surface area (Å²) >= 11 is 0. The zero-order valence-corrected chi connectivity index (χ0v) is 17.6. The Hall–Kier alpha value is -2.05. The van der Waals surface area contributed by atoms with E-state index in [-0.39, 0.29) is 28.5 Å². The minimum atomic E-state index is -1.00. The van der Waals surface area contributed by atoms with E-state index >= 15 is 0 Å². The summed E-state index contributed by atoms with van der Waals surface area (Å²) in [4.78, 5) is 0. The summed E-state index contributed by atoms with van der Waals surface area (Å²) in [6, 6.07) is 7.01. The average molecular weight is 422 g/mol. The summed E-state index contributed by atoms with van der Waals surface area (Å²) in [5, 5.41) is 0. The highest BCUT2D eigenvalue weighted by atomic mass is 19.2. The fourth-order valence-corrected chi connectivity index (χ4v) is 3.75. The fraction of sp³-hybridized carbons (Fsp3) is 0.500. The molecule has 6 heteroatoms. The van der Waals surface area contributed by atoms with Gasteiger partial charge < -0.3 is 14.2 Å². The third-order valence-electron chi connectivity index (χ3n) is 5.51. The molecular weight excluding hydrogens is 393 g/mol. The van der Waals surface area contributed by atoms with Gasteiger partial charge in [0.2, 0.25) is 0 Å². The van der Waals surface area contributed by atoms with Gasteiger partial charge in [0.15, 0.2) is 23.2 Å². The maximum Gasteiger partial charge on any atom is 0.167 e. The molecule has 2 aromatic rings. The first-order valence-corrected chi connectivity index (χ1v) is 10.6. The van der Waals surface area contributed by atoms with Crippen LogP contribution in [0.3, 0.4) is 0 Å². The van der Waals surface area contributed by atoms with Crippen LogP contribution in [-0.2, 0) is 9.47 Å². The molecule has 0 N–H and O–H groups in total. The zero-order chi connectivity index (χ0) is 21.5. The predicted octanol–water partition coefficient (Wildman–Crippen LogP) is 6.60. The Morgan fingerprint density at radius 2 is 1.83 bits per heavy atom. The van der Waals surface area contributed by atoms with E-state index in [1.54, 1.807) is 0 Å². The van der Waals surface area contributed by atoms with Crippen molar-refractivity contribution in [2.45, 2.75) is 57.7 Å². The highest BCUT2D eigenvalue weighted by Gasteiger charge is 2.27. The summed E-state index contributed by atoms with van der Waals surface area (Å²) in [5.74, 6) is -2.54. The Morgan fingerprint density at radius 3 is 2.50 bits per heavy atom. The molecule has 2 unspecified atom stereocenters. The summed E-state index contributed by atoms with van der Waals surface area (Å²) in [6.07, 6.45) is 5.36. The van der Waals surface area contributed by atoms with E-state index in [0.29, 0.717) is 19.6 Å². The lowest BCUT2D eigenvalue weighted by Gasteiger charge is -2.29. The van der Waals surface area contributed by atoms with Crippen molar-refractivity contribution in [3.63, 3.8) is 0 Å². The van der Waals surface area contributed by atoms with Gasteiger partial charge in [-0.05, 0) is 37.0 Å². The minimum absolute atomic E-state index is 0.00176. The predicted molar refractivity (Wildman–Crippen MR) is 110 cm³/mol. The van der Waals surface area contributed by atoms with Crippen molar-refractivity contribution in [3.05, 3.63) is 53.3 Å². The third-order valence-corrected chi connectivity index (χ3v) is 5.51. The first-order chi connectivity index (χ1) is 14.5. The van der Waals surface area contributed by atoms with Gasteiger partial charge in [0.25, 0.3) is 0 Å². The molecule has 3 rings (SSSR count). The van der Waals surface area contributed by atoms with Crippen molar-refractivity contribution < 1.29 is 27.4 Å². The van der Waals surface area contributed by atoms with Crippen LogP contribution in [0.4, 0.5) is 13.2 Å². The Kier molecular flexibility index (Phi) is 8.16. The normalized spacial score (nSPS) is 19.1. The molecule has 1 fully saturated rings. The van der Waals surface area contributed by atoms with Crippen LogP contribution < -0.4 is 4.74 Å². The molecule has 0 spiro atoms. The molecule has 1 saturated heterocycles. The van der Waals surface area contributed by atoms with Gasteiger partial charge in [0.05, 0.1) is 25.9 Å². The number of benzene rings is 2. The van der Waals surface area contributed by atoms with E-state index in [1.165, 1.54) is 44.2 Å². The Balaban J connectivity index is 1.63. The molecule has 30 heavy (non-hydrogen) atoms. The zero-order valence-electron chi connectivity index (χ0n) is 17.6. The van der Waals surface area contributed by atoms with Crippen LogP contribution in [0.25, 0.3) is 11.1 Å². The maximum atomic E-state index is 14.8. The third kappa shape index (κ3) is 5.35. The number of hydrogen-bond donors (Lipinski definition) is 0. The molecule has 1 aliphatic heterocycles. The lowest BCUT2D eigenvalue weighted by molar-refractivity contribution is -0.0883. The summed E-state index contributed by atoms with van der Waals surface area (Å²) in [6.45, 7) is 3.24. The number of rotatable bonds is 9. The van der Waals surface area contributed by atoms with Crippen LogP contribution in [0.2, 0.25) is 0 Å². The SMILES string of the molecule is CCCCCCOC1CCC(c2ccc(-c3ccc(OC)c(F)c3)c(F)c2F)OC1. The second-order valence-electron chi connectivity index (χ2n) is 7.63. The van der Waals surface area contributed by atoms with Crippen LogP contribution in [0.5, 0.6) is 5.75 Å². The maximum absolute atomic E-state index is 14.8. The van der Waals surface area contributed by atoms with Gasteiger partial charge in [-0.25, -0.2) is 13.2 Å². The van der Waals surface area contributed by atoms with E-state index in [0.717, 1.165) is 25.3 Å². The van der Waals surface area contributed by atoms with Crippen LogP contribution in [-0.4, -0.2) is 26.4 Å². The number of methoxy groups -OCH3 is 1. The van der Waals surface area contributed by atoms with Gasteiger partial charge in [-0.2, -0.15) is 0 Å². The van der Waals surface area contributed by atoms with E-state index < -0.39 is 23.6 Å². The van der Waals surface area contributed by atoms with Crippen molar-refractivity contribution in [3.8, 4) is 16.9 Å². The van der Waals surface area contributed by atoms with Gasteiger partial charge in [0.1, 0.15) is 0 Å². The molecule has 0 bridgehead atoms. The highest BCUT2D eigenvalue weighted by molar-refractivity contribution is 5.66. The van der Waals surface area contributed by atoms with Crippen molar-refractivity contribution in [1.29, 1.82) is 0 Å². The smallest absolute Gasteiger partial charge is 0.167 e. The van der Waals surface area contributed by atoms with Gasteiger partial charge in [-0.3, -0.25) is 0 Å². The van der Waals surface area contributed by atoms with Crippen molar-refractivity contribution >= 4 is 0 Å². The number of hydrogen-bond acceptors (Lipinski definition) is 3. The highest BCUT2D eigenvalue weighted by Crippen LogP contribution is 2.35. The molecular formula is C24H29F3O3. The quantitative estimate of drug-likeness (QED) is 0.426. The first-order valence-electron chi connectivity index (χ1n) is 10.6. The summed E-state index contributed by atoms with van der Waals surface area (Å²) in [5.41, 5.74) is 0.436. The van der Waals surface area contributed by atoms with E-state index in [2.05, 4.69) is 6.92 Å². The molecule has 0 aliphatic carbocycles. The minimum Gasteiger partial charge on any atom is -0.494 e. The molecule has 0 saturated carbocycles. The molecule has 1 aliphatic rings. The molecule has 2 atom stereocenters.